The summed E-state index contributed by atoms with van der Waals surface area (Å²) in [5, 5.41) is 3.23. The lowest BCUT2D eigenvalue weighted by atomic mass is 10.8. The highest BCUT2D eigenvalue weighted by Crippen LogP contribution is 1.97. The molecule has 0 bridgehead atoms. The summed E-state index contributed by atoms with van der Waals surface area (Å²) in [6.45, 7) is 1.26. The molecule has 0 aliphatic carbocycles. The Bertz CT molecular complexity index is 194. The van der Waals surface area contributed by atoms with Crippen LogP contribution in [0.25, 0.3) is 0 Å². The average Bonchev–Trinajstić information content (AvgIpc) is 2.15. The summed E-state index contributed by atoms with van der Waals surface area (Å²) in [4.78, 5) is 13.6. The van der Waals surface area contributed by atoms with E-state index in [2.05, 4.69) is 19.4 Å². The van der Waals surface area contributed by atoms with E-state index >= 15 is 0 Å². The van der Waals surface area contributed by atoms with Gasteiger partial charge in [0.25, 0.3) is 0 Å². The molecule has 0 aromatic carbocycles. The summed E-state index contributed by atoms with van der Waals surface area (Å²) in [5.74, 6) is -0.462. The lowest BCUT2D eigenvalue weighted by molar-refractivity contribution is -0.132. The van der Waals surface area contributed by atoms with Crippen LogP contribution in [0.2, 0.25) is 0 Å². The van der Waals surface area contributed by atoms with Gasteiger partial charge in [-0.3, -0.25) is 4.79 Å². The number of carbonyl (C=O) groups is 1. The molecular weight excluding hydrogens is 124 g/mol. The van der Waals surface area contributed by atoms with Gasteiger partial charge in [0, 0.05) is 6.92 Å². The number of hydrogen-bond donors (Lipinski definition) is 0. The Morgan fingerprint density at radius 2 is 2.67 bits per heavy atom. The van der Waals surface area contributed by atoms with Crippen LogP contribution in [-0.2, 0) is 4.79 Å². The van der Waals surface area contributed by atoms with Crippen molar-refractivity contribution in [3.05, 3.63) is 6.39 Å². The van der Waals surface area contributed by atoms with Crippen molar-refractivity contribution in [2.24, 2.45) is 0 Å². The first kappa shape index (κ1) is 5.74. The van der Waals surface area contributed by atoms with Gasteiger partial charge in [0.1, 0.15) is 0 Å². The van der Waals surface area contributed by atoms with Crippen molar-refractivity contribution in [2.75, 3.05) is 0 Å². The molecule has 48 valence electrons. The zero-order chi connectivity index (χ0) is 6.69. The molecular formula is C4H4N2O3. The molecule has 1 rings (SSSR count). The third-order valence-corrected chi connectivity index (χ3v) is 0.576. The third-order valence-electron chi connectivity index (χ3n) is 0.576. The van der Waals surface area contributed by atoms with Gasteiger partial charge in [-0.2, -0.15) is 4.98 Å². The number of hydrogen-bond acceptors (Lipinski definition) is 5. The highest BCUT2D eigenvalue weighted by molar-refractivity contribution is 5.68. The van der Waals surface area contributed by atoms with E-state index in [1.54, 1.807) is 0 Å². The molecule has 0 aliphatic heterocycles. The van der Waals surface area contributed by atoms with E-state index in [4.69, 9.17) is 0 Å². The first-order valence-electron chi connectivity index (χ1n) is 2.24. The van der Waals surface area contributed by atoms with Crippen molar-refractivity contribution in [3.8, 4) is 6.01 Å². The number of carbonyl (C=O) groups excluding carboxylic acids is 1. The maximum absolute atomic E-state index is 10.2. The minimum absolute atomic E-state index is 0.0532. The molecule has 0 saturated carbocycles. The van der Waals surface area contributed by atoms with Gasteiger partial charge in [0.2, 0.25) is 6.39 Å². The van der Waals surface area contributed by atoms with Crippen molar-refractivity contribution in [3.63, 3.8) is 0 Å². The van der Waals surface area contributed by atoms with Crippen LogP contribution in [0.3, 0.4) is 0 Å². The van der Waals surface area contributed by atoms with E-state index in [1.807, 2.05) is 0 Å². The molecule has 0 unspecified atom stereocenters. The van der Waals surface area contributed by atoms with Crippen LogP contribution < -0.4 is 4.74 Å². The fourth-order valence-electron chi connectivity index (χ4n) is 0.334. The molecule has 1 aromatic rings. The Morgan fingerprint density at radius 3 is 3.11 bits per heavy atom. The van der Waals surface area contributed by atoms with Crippen LogP contribution in [0, 0.1) is 0 Å². The standard InChI is InChI=1S/C4H4N2O3/c1-3(7)9-4-5-2-8-6-4/h2H,1H3. The summed E-state index contributed by atoms with van der Waals surface area (Å²) < 4.78 is 8.68. The monoisotopic (exact) mass is 128 g/mol. The summed E-state index contributed by atoms with van der Waals surface area (Å²) in [6.07, 6.45) is 1.08. The molecule has 1 aromatic heterocycles. The molecule has 0 spiro atoms. The van der Waals surface area contributed by atoms with Crippen molar-refractivity contribution in [1.82, 2.24) is 10.1 Å². The second-order valence-corrected chi connectivity index (χ2v) is 1.31. The fourth-order valence-corrected chi connectivity index (χ4v) is 0.334. The van der Waals surface area contributed by atoms with Crippen molar-refractivity contribution < 1.29 is 14.1 Å². The molecule has 0 radical (unpaired) electrons. The fraction of sp³-hybridized carbons (Fsp3) is 0.250. The van der Waals surface area contributed by atoms with Crippen LogP contribution in [0.1, 0.15) is 6.92 Å². The molecule has 0 N–H and O–H groups in total. The van der Waals surface area contributed by atoms with Crippen LogP contribution in [0.4, 0.5) is 0 Å². The average molecular weight is 128 g/mol. The Morgan fingerprint density at radius 1 is 1.89 bits per heavy atom. The van der Waals surface area contributed by atoms with Gasteiger partial charge < -0.3 is 9.26 Å². The summed E-state index contributed by atoms with van der Waals surface area (Å²) in [6, 6.07) is -0.0532. The Hall–Kier alpha value is -1.39. The number of nitrogens with zero attached hydrogens (tertiary/aromatic N) is 2. The van der Waals surface area contributed by atoms with Gasteiger partial charge in [-0.05, 0) is 5.16 Å². The van der Waals surface area contributed by atoms with E-state index in [9.17, 15) is 4.79 Å². The number of esters is 1. The second-order valence-electron chi connectivity index (χ2n) is 1.31. The Labute approximate surface area is 50.6 Å². The zero-order valence-corrected chi connectivity index (χ0v) is 4.70. The smallest absolute Gasteiger partial charge is 0.361 e. The van der Waals surface area contributed by atoms with Gasteiger partial charge in [-0.1, -0.05) is 0 Å². The highest BCUT2D eigenvalue weighted by atomic mass is 16.6. The van der Waals surface area contributed by atoms with E-state index in [0.29, 0.717) is 0 Å². The molecule has 0 amide bonds. The number of rotatable bonds is 1. The quantitative estimate of drug-likeness (QED) is 0.498. The maximum atomic E-state index is 10.2. The topological polar surface area (TPSA) is 65.2 Å². The molecule has 0 fully saturated rings. The third kappa shape index (κ3) is 1.52. The first-order valence-corrected chi connectivity index (χ1v) is 2.24. The van der Waals surface area contributed by atoms with Gasteiger partial charge in [-0.15, -0.1) is 0 Å². The lowest BCUT2D eigenvalue weighted by Crippen LogP contribution is -2.02. The summed E-state index contributed by atoms with van der Waals surface area (Å²) in [7, 11) is 0. The summed E-state index contributed by atoms with van der Waals surface area (Å²) >= 11 is 0. The highest BCUT2D eigenvalue weighted by Gasteiger charge is 1.99. The number of aromatic nitrogens is 2. The van der Waals surface area contributed by atoms with Gasteiger partial charge >= 0.3 is 12.0 Å². The lowest BCUT2D eigenvalue weighted by Gasteiger charge is -1.87. The minimum Gasteiger partial charge on any atom is -0.389 e. The molecule has 5 nitrogen and oxygen atoms in total. The van der Waals surface area contributed by atoms with E-state index < -0.39 is 5.97 Å². The van der Waals surface area contributed by atoms with Crippen LogP contribution in [0.15, 0.2) is 10.9 Å². The predicted molar refractivity (Wildman–Crippen MR) is 25.6 cm³/mol. The minimum atomic E-state index is -0.462. The van der Waals surface area contributed by atoms with Gasteiger partial charge in [0.15, 0.2) is 0 Å². The predicted octanol–water partition coefficient (Wildman–Crippen LogP) is -0.00510. The Balaban J connectivity index is 2.58. The van der Waals surface area contributed by atoms with Crippen LogP contribution >= 0.6 is 0 Å². The van der Waals surface area contributed by atoms with Crippen LogP contribution in [0.5, 0.6) is 6.01 Å². The van der Waals surface area contributed by atoms with Crippen molar-refractivity contribution in [1.29, 1.82) is 0 Å². The molecule has 0 atom stereocenters. The van der Waals surface area contributed by atoms with Crippen LogP contribution in [-0.4, -0.2) is 16.1 Å². The normalized spacial score (nSPS) is 9.00. The summed E-state index contributed by atoms with van der Waals surface area (Å²) in [5.41, 5.74) is 0. The maximum Gasteiger partial charge on any atom is 0.361 e. The van der Waals surface area contributed by atoms with Gasteiger partial charge in [0.05, 0.1) is 0 Å². The van der Waals surface area contributed by atoms with E-state index in [0.717, 1.165) is 6.39 Å². The molecule has 0 aliphatic rings. The number of ether oxygens (including phenoxy) is 1. The largest absolute Gasteiger partial charge is 0.389 e. The van der Waals surface area contributed by atoms with Crippen molar-refractivity contribution >= 4 is 5.97 Å². The Kier molecular flexibility index (Phi) is 1.44. The second kappa shape index (κ2) is 2.25. The zero-order valence-electron chi connectivity index (χ0n) is 4.70. The van der Waals surface area contributed by atoms with E-state index in [1.165, 1.54) is 6.92 Å². The van der Waals surface area contributed by atoms with Gasteiger partial charge in [-0.25, -0.2) is 0 Å². The molecule has 0 saturated heterocycles. The SMILES string of the molecule is CC(=O)Oc1ncon1. The molecule has 9 heavy (non-hydrogen) atoms. The van der Waals surface area contributed by atoms with E-state index in [-0.39, 0.29) is 6.01 Å². The molecule has 5 heteroatoms. The first-order chi connectivity index (χ1) is 4.29. The van der Waals surface area contributed by atoms with Crippen molar-refractivity contribution in [2.45, 2.75) is 6.92 Å². The molecule has 1 heterocycles.